The number of hydrogen-bond acceptors (Lipinski definition) is 6. The van der Waals surface area contributed by atoms with Crippen LogP contribution in [0.4, 0.5) is 4.39 Å². The maximum absolute atomic E-state index is 14.7. The first-order valence-corrected chi connectivity index (χ1v) is 10.2. The van der Waals surface area contributed by atoms with Gasteiger partial charge in [-0.3, -0.25) is 4.79 Å². The molecule has 1 atom stereocenters. The van der Waals surface area contributed by atoms with Crippen molar-refractivity contribution in [1.29, 1.82) is 0 Å². The Morgan fingerprint density at radius 1 is 1.33 bits per heavy atom. The summed E-state index contributed by atoms with van der Waals surface area (Å²) >= 11 is 0. The molecule has 1 saturated carbocycles. The summed E-state index contributed by atoms with van der Waals surface area (Å²) in [6.07, 6.45) is 8.99. The highest BCUT2D eigenvalue weighted by molar-refractivity contribution is 5.93. The van der Waals surface area contributed by atoms with Gasteiger partial charge in [-0.1, -0.05) is 13.0 Å². The summed E-state index contributed by atoms with van der Waals surface area (Å²) in [4.78, 5) is 24.2. The van der Waals surface area contributed by atoms with E-state index < -0.39 is 5.83 Å². The first-order chi connectivity index (χ1) is 14.5. The number of aromatic nitrogens is 2. The van der Waals surface area contributed by atoms with Gasteiger partial charge in [0.05, 0.1) is 19.8 Å². The molecule has 0 bridgehead atoms. The Morgan fingerprint density at radius 3 is 2.43 bits per heavy atom. The van der Waals surface area contributed by atoms with Crippen LogP contribution in [-0.2, 0) is 4.74 Å². The molecule has 1 aromatic heterocycles. The van der Waals surface area contributed by atoms with Crippen LogP contribution in [0.15, 0.2) is 40.7 Å². The van der Waals surface area contributed by atoms with Crippen molar-refractivity contribution in [1.82, 2.24) is 15.3 Å². The minimum atomic E-state index is -0.446. The van der Waals surface area contributed by atoms with Crippen LogP contribution in [0.1, 0.15) is 56.3 Å². The molecule has 1 amide bonds. The lowest BCUT2D eigenvalue weighted by molar-refractivity contribution is 0.0906. The number of methoxy groups -OCH3 is 2. The van der Waals surface area contributed by atoms with Gasteiger partial charge in [0.25, 0.3) is 5.91 Å². The molecule has 8 heteroatoms. The lowest BCUT2D eigenvalue weighted by atomic mass is 9.75. The van der Waals surface area contributed by atoms with Crippen LogP contribution in [0.3, 0.4) is 0 Å². The van der Waals surface area contributed by atoms with Gasteiger partial charge in [-0.05, 0) is 63.2 Å². The van der Waals surface area contributed by atoms with Crippen molar-refractivity contribution in [2.75, 3.05) is 14.2 Å². The highest BCUT2D eigenvalue weighted by Crippen LogP contribution is 2.39. The zero-order valence-electron chi connectivity index (χ0n) is 18.2. The number of nitrogens with one attached hydrogen (secondary N) is 1. The maximum atomic E-state index is 14.7. The summed E-state index contributed by atoms with van der Waals surface area (Å²) in [5.74, 6) is -0.291. The fourth-order valence-corrected chi connectivity index (χ4v) is 4.07. The molecule has 2 rings (SSSR count). The molecule has 1 aromatic rings. The third-order valence-corrected chi connectivity index (χ3v) is 5.70. The molecule has 0 aromatic carbocycles. The van der Waals surface area contributed by atoms with E-state index in [1.54, 1.807) is 6.08 Å². The van der Waals surface area contributed by atoms with Gasteiger partial charge in [-0.25, -0.2) is 19.4 Å². The molecule has 164 valence electrons. The standard InChI is InChI=1S/C22H31FN4O3/c1-6-17(19(23)21(24-3)29-4)14-8-10-15(11-9-14)18(7-2)27-20(28)16-12-25-22(30-5)26-13-16/h6,12-15,18H,3,7-11H2,1-2,4-5H3,(H,27,28)/b17-6-,21-19-/t14-,15-,18-/m1/s1. The molecule has 0 spiro atoms. The number of ether oxygens (including phenoxy) is 2. The number of allylic oxidation sites excluding steroid dienone is 3. The van der Waals surface area contributed by atoms with Gasteiger partial charge in [-0.15, -0.1) is 0 Å². The Kier molecular flexibility index (Phi) is 8.95. The van der Waals surface area contributed by atoms with Gasteiger partial charge >= 0.3 is 6.01 Å². The third-order valence-electron chi connectivity index (χ3n) is 5.70. The Hall–Kier alpha value is -2.77. The van der Waals surface area contributed by atoms with Crippen molar-refractivity contribution < 1.29 is 18.7 Å². The average Bonchev–Trinajstić information content (AvgIpc) is 2.79. The summed E-state index contributed by atoms with van der Waals surface area (Å²) < 4.78 is 24.6. The van der Waals surface area contributed by atoms with Crippen molar-refractivity contribution in [3.8, 4) is 6.01 Å². The fourth-order valence-electron chi connectivity index (χ4n) is 4.07. The molecular formula is C22H31FN4O3. The molecule has 1 heterocycles. The van der Waals surface area contributed by atoms with Crippen LogP contribution in [-0.4, -0.2) is 42.9 Å². The smallest absolute Gasteiger partial charge is 0.316 e. The molecule has 0 radical (unpaired) electrons. The quantitative estimate of drug-likeness (QED) is 0.368. The van der Waals surface area contributed by atoms with E-state index in [4.69, 9.17) is 9.47 Å². The predicted molar refractivity (Wildman–Crippen MR) is 114 cm³/mol. The van der Waals surface area contributed by atoms with Gasteiger partial charge in [-0.2, -0.15) is 0 Å². The zero-order valence-corrected chi connectivity index (χ0v) is 18.2. The molecule has 1 N–H and O–H groups in total. The minimum absolute atomic E-state index is 0.0411. The first-order valence-electron chi connectivity index (χ1n) is 10.2. The van der Waals surface area contributed by atoms with Gasteiger partial charge < -0.3 is 14.8 Å². The summed E-state index contributed by atoms with van der Waals surface area (Å²) in [6, 6.07) is 0.264. The number of carbonyl (C=O) groups is 1. The molecule has 1 aliphatic carbocycles. The zero-order chi connectivity index (χ0) is 22.1. The van der Waals surface area contributed by atoms with Gasteiger partial charge in [0.15, 0.2) is 5.83 Å². The normalized spacial score (nSPS) is 21.3. The van der Waals surface area contributed by atoms with Crippen molar-refractivity contribution in [3.05, 3.63) is 41.3 Å². The molecule has 1 fully saturated rings. The number of nitrogens with zero attached hydrogens (tertiary/aromatic N) is 3. The summed E-state index contributed by atoms with van der Waals surface area (Å²) in [7, 11) is 2.86. The predicted octanol–water partition coefficient (Wildman–Crippen LogP) is 4.23. The van der Waals surface area contributed by atoms with Crippen LogP contribution in [0.5, 0.6) is 6.01 Å². The van der Waals surface area contributed by atoms with Gasteiger partial charge in [0.2, 0.25) is 5.88 Å². The van der Waals surface area contributed by atoms with Crippen molar-refractivity contribution in [2.24, 2.45) is 16.8 Å². The van der Waals surface area contributed by atoms with Crippen LogP contribution in [0.25, 0.3) is 0 Å². The second kappa shape index (κ2) is 11.4. The van der Waals surface area contributed by atoms with Crippen molar-refractivity contribution in [2.45, 2.75) is 52.0 Å². The van der Waals surface area contributed by atoms with Crippen LogP contribution < -0.4 is 10.1 Å². The summed E-state index contributed by atoms with van der Waals surface area (Å²) in [6.45, 7) is 7.25. The molecule has 0 aliphatic heterocycles. The van der Waals surface area contributed by atoms with E-state index in [1.165, 1.54) is 26.6 Å². The SMILES string of the molecule is C=N/C(OC)=C(F)\C(=C/C)[C@H]1CC[C@H]([C@@H](CC)NC(=O)c2cnc(OC)nc2)CC1. The number of hydrogen-bond donors (Lipinski definition) is 1. The second-order valence-corrected chi connectivity index (χ2v) is 7.28. The van der Waals surface area contributed by atoms with E-state index in [2.05, 4.69) is 33.9 Å². The number of aliphatic imine (C=N–C) groups is 1. The first kappa shape index (κ1) is 23.5. The van der Waals surface area contributed by atoms with Crippen molar-refractivity contribution in [3.63, 3.8) is 0 Å². The Balaban J connectivity index is 2.00. The van der Waals surface area contributed by atoms with Crippen LogP contribution in [0, 0.1) is 11.8 Å². The number of amides is 1. The topological polar surface area (TPSA) is 85.7 Å². The summed E-state index contributed by atoms with van der Waals surface area (Å²) in [5.41, 5.74) is 1.01. The Morgan fingerprint density at radius 2 is 1.97 bits per heavy atom. The highest BCUT2D eigenvalue weighted by atomic mass is 19.1. The van der Waals surface area contributed by atoms with Gasteiger partial charge in [0.1, 0.15) is 0 Å². The molecular weight excluding hydrogens is 387 g/mol. The monoisotopic (exact) mass is 418 g/mol. The number of carbonyl (C=O) groups excluding carboxylic acids is 1. The van der Waals surface area contributed by atoms with E-state index in [1.807, 2.05) is 6.92 Å². The van der Waals surface area contributed by atoms with Crippen LogP contribution >= 0.6 is 0 Å². The Bertz CT molecular complexity index is 784. The summed E-state index contributed by atoms with van der Waals surface area (Å²) in [5, 5.41) is 3.11. The number of rotatable bonds is 9. The molecule has 1 aliphatic rings. The minimum Gasteiger partial charge on any atom is -0.479 e. The third kappa shape index (κ3) is 5.64. The maximum Gasteiger partial charge on any atom is 0.316 e. The molecule has 30 heavy (non-hydrogen) atoms. The molecule has 0 unspecified atom stereocenters. The van der Waals surface area contributed by atoms with E-state index >= 15 is 0 Å². The van der Waals surface area contributed by atoms with E-state index in [-0.39, 0.29) is 29.8 Å². The lowest BCUT2D eigenvalue weighted by Gasteiger charge is -2.34. The van der Waals surface area contributed by atoms with Crippen molar-refractivity contribution >= 4 is 12.6 Å². The Labute approximate surface area is 177 Å². The van der Waals surface area contributed by atoms with E-state index in [0.29, 0.717) is 17.1 Å². The fraction of sp³-hybridized carbons (Fsp3) is 0.545. The van der Waals surface area contributed by atoms with Gasteiger partial charge in [0, 0.05) is 18.4 Å². The number of halogens is 1. The lowest BCUT2D eigenvalue weighted by Crippen LogP contribution is -2.41. The molecule has 7 nitrogen and oxygen atoms in total. The average molecular weight is 419 g/mol. The highest BCUT2D eigenvalue weighted by Gasteiger charge is 2.31. The van der Waals surface area contributed by atoms with E-state index in [9.17, 15) is 9.18 Å². The molecule has 0 saturated heterocycles. The largest absolute Gasteiger partial charge is 0.479 e. The van der Waals surface area contributed by atoms with E-state index in [0.717, 1.165) is 32.1 Å². The second-order valence-electron chi connectivity index (χ2n) is 7.28. The van der Waals surface area contributed by atoms with Crippen LogP contribution in [0.2, 0.25) is 0 Å².